The van der Waals surface area contributed by atoms with Crippen LogP contribution in [0.15, 0.2) is 30.3 Å². The molecule has 1 fully saturated rings. The number of fused-ring (bicyclic) bond motifs is 1. The first-order valence-corrected chi connectivity index (χ1v) is 6.37. The van der Waals surface area contributed by atoms with E-state index in [4.69, 9.17) is 5.73 Å². The Kier molecular flexibility index (Phi) is 3.04. The Morgan fingerprint density at radius 1 is 1.25 bits per heavy atom. The third-order valence-corrected chi connectivity index (χ3v) is 3.51. The summed E-state index contributed by atoms with van der Waals surface area (Å²) in [6.07, 6.45) is -1.81. The highest BCUT2D eigenvalue weighted by atomic mass is 16.3. The first kappa shape index (κ1) is 12.8. The lowest BCUT2D eigenvalue weighted by atomic mass is 10.1. The summed E-state index contributed by atoms with van der Waals surface area (Å²) >= 11 is 0. The highest BCUT2D eigenvalue weighted by Gasteiger charge is 2.33. The number of aliphatic hydroxyl groups is 2. The van der Waals surface area contributed by atoms with Gasteiger partial charge in [0.2, 0.25) is 0 Å². The highest BCUT2D eigenvalue weighted by molar-refractivity contribution is 5.99. The van der Waals surface area contributed by atoms with Crippen LogP contribution in [0.3, 0.4) is 0 Å². The number of benzene rings is 1. The summed E-state index contributed by atoms with van der Waals surface area (Å²) in [6, 6.07) is 8.84. The molecule has 0 unspecified atom stereocenters. The Labute approximate surface area is 115 Å². The standard InChI is InChI=1S/C14H15N3O3/c15-9-5-11(16-10-4-2-1-3-8(9)10)14(20)17-6-12(18)13(19)7-17/h1-5,12-13,18-19H,6-7H2,(H2,15,16)/t12-,13+. The van der Waals surface area contributed by atoms with Gasteiger partial charge in [0.15, 0.2) is 0 Å². The van der Waals surface area contributed by atoms with Gasteiger partial charge < -0.3 is 20.8 Å². The molecular weight excluding hydrogens is 258 g/mol. The number of carbonyl (C=O) groups is 1. The van der Waals surface area contributed by atoms with Crippen molar-refractivity contribution < 1.29 is 15.0 Å². The molecule has 1 aliphatic rings. The molecule has 104 valence electrons. The van der Waals surface area contributed by atoms with Crippen molar-refractivity contribution in [3.05, 3.63) is 36.0 Å². The molecule has 2 atom stereocenters. The molecule has 2 heterocycles. The molecule has 2 aromatic rings. The second-order valence-corrected chi connectivity index (χ2v) is 4.96. The van der Waals surface area contributed by atoms with E-state index in [1.165, 1.54) is 11.0 Å². The molecule has 1 amide bonds. The Hall–Kier alpha value is -2.18. The van der Waals surface area contributed by atoms with Crippen molar-refractivity contribution in [3.8, 4) is 0 Å². The Bertz CT molecular complexity index is 664. The lowest BCUT2D eigenvalue weighted by Crippen LogP contribution is -2.30. The van der Waals surface area contributed by atoms with Gasteiger partial charge >= 0.3 is 0 Å². The van der Waals surface area contributed by atoms with E-state index < -0.39 is 12.2 Å². The zero-order valence-corrected chi connectivity index (χ0v) is 10.7. The second kappa shape index (κ2) is 4.73. The van der Waals surface area contributed by atoms with Gasteiger partial charge in [0.25, 0.3) is 5.91 Å². The van der Waals surface area contributed by atoms with Crippen LogP contribution in [0.25, 0.3) is 10.9 Å². The molecule has 1 aromatic carbocycles. The predicted molar refractivity (Wildman–Crippen MR) is 74.1 cm³/mol. The number of likely N-dealkylation sites (tertiary alicyclic amines) is 1. The summed E-state index contributed by atoms with van der Waals surface area (Å²) in [7, 11) is 0. The number of anilines is 1. The number of aromatic nitrogens is 1. The van der Waals surface area contributed by atoms with Crippen molar-refractivity contribution >= 4 is 22.5 Å². The van der Waals surface area contributed by atoms with Crippen LogP contribution in [0.4, 0.5) is 5.69 Å². The van der Waals surface area contributed by atoms with Gasteiger partial charge in [0, 0.05) is 24.2 Å². The number of rotatable bonds is 1. The average molecular weight is 273 g/mol. The van der Waals surface area contributed by atoms with Crippen LogP contribution in [0.5, 0.6) is 0 Å². The van der Waals surface area contributed by atoms with Crippen LogP contribution in [0.2, 0.25) is 0 Å². The minimum absolute atomic E-state index is 0.106. The van der Waals surface area contributed by atoms with Crippen LogP contribution in [-0.2, 0) is 0 Å². The molecular formula is C14H15N3O3. The molecule has 0 aliphatic carbocycles. The van der Waals surface area contributed by atoms with Crippen LogP contribution in [0.1, 0.15) is 10.5 Å². The van der Waals surface area contributed by atoms with E-state index in [1.54, 1.807) is 6.07 Å². The molecule has 4 N–H and O–H groups in total. The lowest BCUT2D eigenvalue weighted by molar-refractivity contribution is 0.0572. The van der Waals surface area contributed by atoms with Crippen LogP contribution < -0.4 is 5.73 Å². The number of carbonyl (C=O) groups excluding carboxylic acids is 1. The maximum Gasteiger partial charge on any atom is 0.272 e. The van der Waals surface area contributed by atoms with Crippen LogP contribution in [0, 0.1) is 0 Å². The van der Waals surface area contributed by atoms with E-state index >= 15 is 0 Å². The molecule has 6 nitrogen and oxygen atoms in total. The summed E-state index contributed by atoms with van der Waals surface area (Å²) < 4.78 is 0. The van der Waals surface area contributed by atoms with Crippen molar-refractivity contribution in [1.82, 2.24) is 9.88 Å². The molecule has 6 heteroatoms. The lowest BCUT2D eigenvalue weighted by Gasteiger charge is -2.15. The molecule has 0 spiro atoms. The van der Waals surface area contributed by atoms with Crippen molar-refractivity contribution in [2.45, 2.75) is 12.2 Å². The van der Waals surface area contributed by atoms with Crippen LogP contribution >= 0.6 is 0 Å². The number of nitrogens with zero attached hydrogens (tertiary/aromatic N) is 2. The van der Waals surface area contributed by atoms with Crippen molar-refractivity contribution in [1.29, 1.82) is 0 Å². The SMILES string of the molecule is Nc1cc(C(=O)N2C[C@@H](O)[C@@H](O)C2)nc2ccccc12. The van der Waals surface area contributed by atoms with Crippen LogP contribution in [-0.4, -0.2) is 51.3 Å². The number of nitrogen functional groups attached to an aromatic ring is 1. The van der Waals surface area contributed by atoms with Crippen molar-refractivity contribution in [2.24, 2.45) is 0 Å². The number of hydrogen-bond acceptors (Lipinski definition) is 5. The summed E-state index contributed by atoms with van der Waals surface area (Å²) in [5.74, 6) is -0.335. The highest BCUT2D eigenvalue weighted by Crippen LogP contribution is 2.22. The molecule has 1 saturated heterocycles. The third kappa shape index (κ3) is 2.09. The van der Waals surface area contributed by atoms with E-state index in [1.807, 2.05) is 18.2 Å². The smallest absolute Gasteiger partial charge is 0.272 e. The topological polar surface area (TPSA) is 99.7 Å². The monoisotopic (exact) mass is 273 g/mol. The molecule has 0 bridgehead atoms. The number of aliphatic hydroxyl groups excluding tert-OH is 2. The van der Waals surface area contributed by atoms with Gasteiger partial charge in [-0.2, -0.15) is 0 Å². The third-order valence-electron chi connectivity index (χ3n) is 3.51. The summed E-state index contributed by atoms with van der Waals surface area (Å²) in [5.41, 5.74) is 7.30. The predicted octanol–water partition coefficient (Wildman–Crippen LogP) is -0.00540. The molecule has 0 radical (unpaired) electrons. The van der Waals surface area contributed by atoms with Gasteiger partial charge in [-0.3, -0.25) is 4.79 Å². The number of pyridine rings is 1. The Morgan fingerprint density at radius 3 is 2.60 bits per heavy atom. The largest absolute Gasteiger partial charge is 0.398 e. The normalized spacial score (nSPS) is 22.4. The maximum atomic E-state index is 12.3. The number of nitrogens with two attached hydrogens (primary N) is 1. The maximum absolute atomic E-state index is 12.3. The fourth-order valence-electron chi connectivity index (χ4n) is 2.41. The molecule has 20 heavy (non-hydrogen) atoms. The van der Waals surface area contributed by atoms with Gasteiger partial charge in [0.1, 0.15) is 5.69 Å². The van der Waals surface area contributed by atoms with Gasteiger partial charge in [-0.1, -0.05) is 18.2 Å². The fourth-order valence-corrected chi connectivity index (χ4v) is 2.41. The zero-order chi connectivity index (χ0) is 14.3. The summed E-state index contributed by atoms with van der Waals surface area (Å²) in [5, 5.41) is 19.8. The molecule has 0 saturated carbocycles. The minimum Gasteiger partial charge on any atom is -0.398 e. The Morgan fingerprint density at radius 2 is 1.90 bits per heavy atom. The number of β-amino-alcohol motifs (C(OH)–C–C–N with tert-alkyl or cyclic N) is 2. The average Bonchev–Trinajstić information content (AvgIpc) is 2.78. The van der Waals surface area contributed by atoms with E-state index in [-0.39, 0.29) is 24.7 Å². The van der Waals surface area contributed by atoms with Gasteiger partial charge in [-0.15, -0.1) is 0 Å². The summed E-state index contributed by atoms with van der Waals surface area (Å²) in [4.78, 5) is 18.0. The zero-order valence-electron chi connectivity index (χ0n) is 10.7. The number of hydrogen-bond donors (Lipinski definition) is 3. The first-order chi connectivity index (χ1) is 9.56. The van der Waals surface area contributed by atoms with E-state index in [0.29, 0.717) is 11.2 Å². The Balaban J connectivity index is 1.96. The van der Waals surface area contributed by atoms with E-state index in [2.05, 4.69) is 4.98 Å². The number of amides is 1. The van der Waals surface area contributed by atoms with Gasteiger partial charge in [-0.25, -0.2) is 4.98 Å². The quantitative estimate of drug-likeness (QED) is 0.679. The fraction of sp³-hybridized carbons (Fsp3) is 0.286. The van der Waals surface area contributed by atoms with Crippen molar-refractivity contribution in [3.63, 3.8) is 0 Å². The van der Waals surface area contributed by atoms with E-state index in [0.717, 1.165) is 5.39 Å². The summed E-state index contributed by atoms with van der Waals surface area (Å²) in [6.45, 7) is 0.211. The van der Waals surface area contributed by atoms with Gasteiger partial charge in [-0.05, 0) is 12.1 Å². The second-order valence-electron chi connectivity index (χ2n) is 4.96. The molecule has 3 rings (SSSR count). The van der Waals surface area contributed by atoms with Gasteiger partial charge in [0.05, 0.1) is 17.7 Å². The van der Waals surface area contributed by atoms with E-state index in [9.17, 15) is 15.0 Å². The molecule has 1 aromatic heterocycles. The van der Waals surface area contributed by atoms with Crippen molar-refractivity contribution in [2.75, 3.05) is 18.8 Å². The minimum atomic E-state index is -0.906. The first-order valence-electron chi connectivity index (χ1n) is 6.37. The molecule has 1 aliphatic heterocycles. The number of para-hydroxylation sites is 1.